The number of likely N-dealkylation sites (tertiary alicyclic amines) is 1. The van der Waals surface area contributed by atoms with E-state index in [0.717, 1.165) is 37.2 Å². The molecule has 1 atom stereocenters. The molecule has 4 nitrogen and oxygen atoms in total. The smallest absolute Gasteiger partial charge is 0.241 e. The number of anilines is 1. The van der Waals surface area contributed by atoms with Crippen LogP contribution in [0.1, 0.15) is 57.4 Å². The Labute approximate surface area is 162 Å². The van der Waals surface area contributed by atoms with Crippen LogP contribution in [0.3, 0.4) is 0 Å². The van der Waals surface area contributed by atoms with Gasteiger partial charge in [-0.2, -0.15) is 0 Å². The molecule has 1 heterocycles. The number of amides is 1. The van der Waals surface area contributed by atoms with E-state index in [1.165, 1.54) is 32.1 Å². The maximum absolute atomic E-state index is 12.6. The fraction of sp³-hybridized carbons (Fsp3) is 0.667. The van der Waals surface area contributed by atoms with E-state index in [2.05, 4.69) is 10.2 Å². The number of hydrogen-bond acceptors (Lipinski definition) is 3. The quantitative estimate of drug-likeness (QED) is 0.800. The molecule has 1 amide bonds. The number of nitrogens with one attached hydrogen (secondary N) is 1. The highest BCUT2D eigenvalue weighted by atomic mass is 35.5. The Bertz CT molecular complexity index is 608. The van der Waals surface area contributed by atoms with Gasteiger partial charge in [-0.3, -0.25) is 9.69 Å². The maximum atomic E-state index is 12.6. The van der Waals surface area contributed by atoms with Crippen LogP contribution in [0, 0.1) is 6.92 Å². The molecule has 1 aromatic rings. The summed E-state index contributed by atoms with van der Waals surface area (Å²) in [6, 6.07) is 5.43. The summed E-state index contributed by atoms with van der Waals surface area (Å²) in [4.78, 5) is 14.9. The number of ether oxygens (including phenoxy) is 1. The topological polar surface area (TPSA) is 41.6 Å². The Balaban J connectivity index is 1.47. The van der Waals surface area contributed by atoms with E-state index in [9.17, 15) is 4.79 Å². The van der Waals surface area contributed by atoms with Gasteiger partial charge < -0.3 is 10.1 Å². The Kier molecular flexibility index (Phi) is 6.96. The minimum atomic E-state index is -0.149. The highest BCUT2D eigenvalue weighted by Crippen LogP contribution is 2.26. The van der Waals surface area contributed by atoms with E-state index in [1.807, 2.05) is 32.0 Å². The molecule has 2 fully saturated rings. The second-order valence-electron chi connectivity index (χ2n) is 7.76. The highest BCUT2D eigenvalue weighted by Gasteiger charge is 2.28. The predicted octanol–water partition coefficient (Wildman–Crippen LogP) is 4.79. The van der Waals surface area contributed by atoms with Crippen LogP contribution in [0.2, 0.25) is 5.02 Å². The number of hydrogen-bond donors (Lipinski definition) is 1. The molecule has 1 aromatic carbocycles. The molecule has 1 unspecified atom stereocenters. The summed E-state index contributed by atoms with van der Waals surface area (Å²) in [6.07, 6.45) is 9.28. The second-order valence-corrected chi connectivity index (χ2v) is 8.19. The summed E-state index contributed by atoms with van der Waals surface area (Å²) in [5, 5.41) is 3.67. The number of halogens is 1. The van der Waals surface area contributed by atoms with Crippen LogP contribution in [0.4, 0.5) is 5.69 Å². The van der Waals surface area contributed by atoms with E-state index >= 15 is 0 Å². The summed E-state index contributed by atoms with van der Waals surface area (Å²) >= 11 is 6.05. The minimum Gasteiger partial charge on any atom is -0.375 e. The monoisotopic (exact) mass is 378 g/mol. The van der Waals surface area contributed by atoms with E-state index < -0.39 is 0 Å². The lowest BCUT2D eigenvalue weighted by molar-refractivity contribution is -0.122. The van der Waals surface area contributed by atoms with Gasteiger partial charge in [-0.05, 0) is 57.2 Å². The summed E-state index contributed by atoms with van der Waals surface area (Å²) in [5.74, 6) is 0.0296. The van der Waals surface area contributed by atoms with Crippen molar-refractivity contribution < 1.29 is 9.53 Å². The molecule has 144 valence electrons. The van der Waals surface area contributed by atoms with E-state index in [-0.39, 0.29) is 11.9 Å². The number of nitrogens with zero attached hydrogens (tertiary/aromatic N) is 1. The molecular formula is C21H31ClN2O2. The van der Waals surface area contributed by atoms with E-state index in [0.29, 0.717) is 17.2 Å². The van der Waals surface area contributed by atoms with Crippen molar-refractivity contribution in [3.8, 4) is 0 Å². The molecule has 1 aliphatic carbocycles. The van der Waals surface area contributed by atoms with Gasteiger partial charge in [0.05, 0.1) is 18.2 Å². The molecule has 0 spiro atoms. The lowest BCUT2D eigenvalue weighted by atomic mass is 9.97. The molecule has 3 rings (SSSR count). The minimum absolute atomic E-state index is 0.0296. The van der Waals surface area contributed by atoms with Gasteiger partial charge in [0, 0.05) is 23.8 Å². The summed E-state index contributed by atoms with van der Waals surface area (Å²) < 4.78 is 6.30. The number of carbonyl (C=O) groups is 1. The van der Waals surface area contributed by atoms with Crippen LogP contribution in [-0.4, -0.2) is 42.1 Å². The first-order chi connectivity index (χ1) is 12.5. The molecule has 0 aromatic heterocycles. The Morgan fingerprint density at radius 3 is 2.50 bits per heavy atom. The molecule has 1 aliphatic heterocycles. The third-order valence-corrected chi connectivity index (χ3v) is 6.03. The number of aryl methyl sites for hydroxylation is 1. The van der Waals surface area contributed by atoms with Crippen LogP contribution >= 0.6 is 11.6 Å². The van der Waals surface area contributed by atoms with Crippen LogP contribution in [0.15, 0.2) is 18.2 Å². The molecule has 1 N–H and O–H groups in total. The maximum Gasteiger partial charge on any atom is 0.241 e. The van der Waals surface area contributed by atoms with Gasteiger partial charge >= 0.3 is 0 Å². The molecular weight excluding hydrogens is 348 g/mol. The van der Waals surface area contributed by atoms with Crippen molar-refractivity contribution in [2.45, 2.75) is 77.0 Å². The summed E-state index contributed by atoms with van der Waals surface area (Å²) in [5.41, 5.74) is 1.82. The van der Waals surface area contributed by atoms with Gasteiger partial charge in [0.25, 0.3) is 0 Å². The fourth-order valence-electron chi connectivity index (χ4n) is 4.00. The van der Waals surface area contributed by atoms with Gasteiger partial charge in [-0.25, -0.2) is 0 Å². The standard InChI is InChI=1S/C21H31ClN2O2/c1-15-8-9-17(22)14-20(15)23-21(25)16(2)24-12-10-19(11-13-24)26-18-6-4-3-5-7-18/h8-9,14,16,18-19H,3-7,10-13H2,1-2H3,(H,23,25). The molecule has 1 saturated heterocycles. The normalized spacial score (nSPS) is 21.5. The third kappa shape index (κ3) is 5.21. The number of rotatable bonds is 5. The lowest BCUT2D eigenvalue weighted by Gasteiger charge is -2.37. The average molecular weight is 379 g/mol. The van der Waals surface area contributed by atoms with Crippen molar-refractivity contribution in [2.75, 3.05) is 18.4 Å². The zero-order valence-corrected chi connectivity index (χ0v) is 16.7. The first-order valence-corrected chi connectivity index (χ1v) is 10.4. The molecule has 5 heteroatoms. The van der Waals surface area contributed by atoms with Crippen LogP contribution < -0.4 is 5.32 Å². The zero-order chi connectivity index (χ0) is 18.5. The largest absolute Gasteiger partial charge is 0.375 e. The number of piperidine rings is 1. The van der Waals surface area contributed by atoms with Crippen molar-refractivity contribution in [3.63, 3.8) is 0 Å². The van der Waals surface area contributed by atoms with Crippen molar-refractivity contribution in [1.29, 1.82) is 0 Å². The zero-order valence-electron chi connectivity index (χ0n) is 16.0. The van der Waals surface area contributed by atoms with Gasteiger partial charge in [-0.15, -0.1) is 0 Å². The first-order valence-electron chi connectivity index (χ1n) is 9.99. The second kappa shape index (κ2) is 9.20. The third-order valence-electron chi connectivity index (χ3n) is 5.80. The molecule has 26 heavy (non-hydrogen) atoms. The van der Waals surface area contributed by atoms with Crippen LogP contribution in [-0.2, 0) is 9.53 Å². The van der Waals surface area contributed by atoms with Gasteiger partial charge in [0.2, 0.25) is 5.91 Å². The Hall–Kier alpha value is -1.10. The fourth-order valence-corrected chi connectivity index (χ4v) is 4.18. The summed E-state index contributed by atoms with van der Waals surface area (Å²) in [7, 11) is 0. The number of benzene rings is 1. The van der Waals surface area contributed by atoms with Crippen molar-refractivity contribution >= 4 is 23.2 Å². The van der Waals surface area contributed by atoms with Crippen LogP contribution in [0.5, 0.6) is 0 Å². The first kappa shape index (κ1) is 19.7. The molecule has 0 bridgehead atoms. The summed E-state index contributed by atoms with van der Waals surface area (Å²) in [6.45, 7) is 5.79. The van der Waals surface area contributed by atoms with Crippen molar-refractivity contribution in [2.24, 2.45) is 0 Å². The van der Waals surface area contributed by atoms with Gasteiger partial charge in [0.1, 0.15) is 0 Å². The van der Waals surface area contributed by atoms with E-state index in [4.69, 9.17) is 16.3 Å². The average Bonchev–Trinajstić information content (AvgIpc) is 2.65. The molecule has 1 saturated carbocycles. The number of carbonyl (C=O) groups excluding carboxylic acids is 1. The van der Waals surface area contributed by atoms with Crippen molar-refractivity contribution in [3.05, 3.63) is 28.8 Å². The van der Waals surface area contributed by atoms with E-state index in [1.54, 1.807) is 0 Å². The lowest BCUT2D eigenvalue weighted by Crippen LogP contribution is -2.47. The Morgan fingerprint density at radius 1 is 1.15 bits per heavy atom. The SMILES string of the molecule is Cc1ccc(Cl)cc1NC(=O)C(C)N1CCC(OC2CCCCC2)CC1. The molecule has 2 aliphatic rings. The van der Waals surface area contributed by atoms with Crippen molar-refractivity contribution in [1.82, 2.24) is 4.90 Å². The highest BCUT2D eigenvalue weighted by molar-refractivity contribution is 6.31. The predicted molar refractivity (Wildman–Crippen MR) is 107 cm³/mol. The van der Waals surface area contributed by atoms with Gasteiger partial charge in [0.15, 0.2) is 0 Å². The van der Waals surface area contributed by atoms with Crippen LogP contribution in [0.25, 0.3) is 0 Å². The Morgan fingerprint density at radius 2 is 1.81 bits per heavy atom. The van der Waals surface area contributed by atoms with Gasteiger partial charge in [-0.1, -0.05) is 36.9 Å². The molecule has 0 radical (unpaired) electrons.